The van der Waals surface area contributed by atoms with Gasteiger partial charge in [0.15, 0.2) is 0 Å². The summed E-state index contributed by atoms with van der Waals surface area (Å²) in [5.41, 5.74) is 2.07. The minimum atomic E-state index is 0.125. The van der Waals surface area contributed by atoms with E-state index in [9.17, 15) is 0 Å². The quantitative estimate of drug-likeness (QED) is 0.781. The van der Waals surface area contributed by atoms with Crippen molar-refractivity contribution in [2.75, 3.05) is 6.61 Å². The van der Waals surface area contributed by atoms with Gasteiger partial charge in [0.05, 0.1) is 17.1 Å². The first-order chi connectivity index (χ1) is 9.05. The Morgan fingerprint density at radius 1 is 1.16 bits per heavy atom. The highest BCUT2D eigenvalue weighted by Gasteiger charge is 2.31. The lowest BCUT2D eigenvalue weighted by atomic mass is 9.88. The Bertz CT molecular complexity index is 635. The molecule has 0 saturated carbocycles. The van der Waals surface area contributed by atoms with Gasteiger partial charge in [-0.25, -0.2) is 4.99 Å². The molecule has 1 aromatic heterocycles. The lowest BCUT2D eigenvalue weighted by Gasteiger charge is -2.21. The zero-order chi connectivity index (χ0) is 13.5. The summed E-state index contributed by atoms with van der Waals surface area (Å²) in [7, 11) is 0. The predicted octanol–water partition coefficient (Wildman–Crippen LogP) is 3.43. The second-order valence-electron chi connectivity index (χ2n) is 6.01. The van der Waals surface area contributed by atoms with E-state index in [0.29, 0.717) is 6.61 Å². The van der Waals surface area contributed by atoms with E-state index in [2.05, 4.69) is 37.9 Å². The van der Waals surface area contributed by atoms with Gasteiger partial charge in [0.25, 0.3) is 0 Å². The summed E-state index contributed by atoms with van der Waals surface area (Å²) in [4.78, 5) is 9.19. The van der Waals surface area contributed by atoms with Gasteiger partial charge in [0.2, 0.25) is 5.90 Å². The maximum Gasteiger partial charge on any atom is 0.218 e. The largest absolute Gasteiger partial charge is 0.475 e. The van der Waals surface area contributed by atoms with Gasteiger partial charge in [-0.15, -0.1) is 0 Å². The third kappa shape index (κ3) is 2.21. The van der Waals surface area contributed by atoms with Crippen molar-refractivity contribution in [1.29, 1.82) is 0 Å². The highest BCUT2D eigenvalue weighted by atomic mass is 16.5. The van der Waals surface area contributed by atoms with Crippen LogP contribution in [-0.2, 0) is 4.74 Å². The predicted molar refractivity (Wildman–Crippen MR) is 77.5 cm³/mol. The maximum atomic E-state index is 5.80. The van der Waals surface area contributed by atoms with E-state index in [4.69, 9.17) is 9.73 Å². The second-order valence-corrected chi connectivity index (χ2v) is 6.01. The number of aromatic nitrogens is 1. The number of hydrogen-bond acceptors (Lipinski definition) is 3. The van der Waals surface area contributed by atoms with Crippen molar-refractivity contribution in [3.05, 3.63) is 42.1 Å². The molecule has 0 spiro atoms. The Labute approximate surface area is 113 Å². The van der Waals surface area contributed by atoms with Gasteiger partial charge in [-0.1, -0.05) is 39.0 Å². The van der Waals surface area contributed by atoms with Crippen LogP contribution < -0.4 is 0 Å². The van der Waals surface area contributed by atoms with Crippen molar-refractivity contribution in [3.8, 4) is 0 Å². The number of hydrogen-bond donors (Lipinski definition) is 0. The van der Waals surface area contributed by atoms with Crippen molar-refractivity contribution in [3.63, 3.8) is 0 Å². The minimum absolute atomic E-state index is 0.125. The molecule has 19 heavy (non-hydrogen) atoms. The molecule has 0 unspecified atom stereocenters. The molecule has 2 heterocycles. The smallest absolute Gasteiger partial charge is 0.218 e. The van der Waals surface area contributed by atoms with Crippen LogP contribution >= 0.6 is 0 Å². The fourth-order valence-corrected chi connectivity index (χ4v) is 2.24. The monoisotopic (exact) mass is 254 g/mol. The molecule has 98 valence electrons. The number of aliphatic imine (C=N–C) groups is 1. The fraction of sp³-hybridized carbons (Fsp3) is 0.375. The molecule has 0 fully saturated rings. The molecule has 0 amide bonds. The number of pyridine rings is 1. The van der Waals surface area contributed by atoms with E-state index in [1.165, 1.54) is 0 Å². The molecule has 1 aromatic carbocycles. The van der Waals surface area contributed by atoms with Crippen LogP contribution in [0.1, 0.15) is 26.3 Å². The summed E-state index contributed by atoms with van der Waals surface area (Å²) in [5, 5.41) is 1.12. The van der Waals surface area contributed by atoms with Crippen LogP contribution in [0.3, 0.4) is 0 Å². The van der Waals surface area contributed by atoms with Crippen LogP contribution in [0, 0.1) is 5.41 Å². The third-order valence-corrected chi connectivity index (χ3v) is 3.51. The van der Waals surface area contributed by atoms with Crippen molar-refractivity contribution < 1.29 is 4.74 Å². The lowest BCUT2D eigenvalue weighted by Crippen LogP contribution is -2.25. The molecular weight excluding hydrogens is 236 g/mol. The van der Waals surface area contributed by atoms with Gasteiger partial charge in [-0.2, -0.15) is 0 Å². The summed E-state index contributed by atoms with van der Waals surface area (Å²) < 4.78 is 5.80. The number of nitrogens with zero attached hydrogens (tertiary/aromatic N) is 2. The molecule has 1 atom stereocenters. The summed E-state index contributed by atoms with van der Waals surface area (Å²) in [5.74, 6) is 0.726. The van der Waals surface area contributed by atoms with Crippen molar-refractivity contribution in [2.24, 2.45) is 10.4 Å². The number of fused-ring (bicyclic) bond motifs is 1. The molecule has 1 aliphatic heterocycles. The number of rotatable bonds is 1. The summed E-state index contributed by atoms with van der Waals surface area (Å²) in [6.07, 6.45) is 1.81. The highest BCUT2D eigenvalue weighted by molar-refractivity contribution is 6.05. The maximum absolute atomic E-state index is 5.80. The van der Waals surface area contributed by atoms with Crippen molar-refractivity contribution in [1.82, 2.24) is 4.98 Å². The zero-order valence-corrected chi connectivity index (χ0v) is 11.6. The standard InChI is InChI=1S/C16H18N2O/c1-16(2,3)13-10-19-15(18-13)12-8-4-6-11-7-5-9-17-14(11)12/h4-9,13H,10H2,1-3H3/t13-/m0/s1. The van der Waals surface area contributed by atoms with Crippen molar-refractivity contribution in [2.45, 2.75) is 26.8 Å². The SMILES string of the molecule is CC(C)(C)[C@@H]1COC(c2cccc3cccnc23)=N1. The van der Waals surface area contributed by atoms with Gasteiger partial charge < -0.3 is 4.74 Å². The molecule has 1 aliphatic rings. The first-order valence-electron chi connectivity index (χ1n) is 6.60. The molecular formula is C16H18N2O. The molecule has 0 saturated heterocycles. The van der Waals surface area contributed by atoms with Crippen LogP contribution in [0.15, 0.2) is 41.5 Å². The van der Waals surface area contributed by atoms with Gasteiger partial charge in [0.1, 0.15) is 6.61 Å². The van der Waals surface area contributed by atoms with Crippen LogP contribution in [0.2, 0.25) is 0 Å². The molecule has 0 bridgehead atoms. The van der Waals surface area contributed by atoms with Gasteiger partial charge in [0, 0.05) is 11.6 Å². The van der Waals surface area contributed by atoms with E-state index in [1.807, 2.05) is 24.4 Å². The number of ether oxygens (including phenoxy) is 1. The van der Waals surface area contributed by atoms with Crippen LogP contribution in [0.4, 0.5) is 0 Å². The fourth-order valence-electron chi connectivity index (χ4n) is 2.24. The molecule has 0 aliphatic carbocycles. The van der Waals surface area contributed by atoms with E-state index >= 15 is 0 Å². The summed E-state index contributed by atoms with van der Waals surface area (Å²) in [6.45, 7) is 7.22. The Morgan fingerprint density at radius 3 is 2.68 bits per heavy atom. The Hall–Kier alpha value is -1.90. The topological polar surface area (TPSA) is 34.5 Å². The Balaban J connectivity index is 2.07. The molecule has 3 heteroatoms. The lowest BCUT2D eigenvalue weighted by molar-refractivity contribution is 0.236. The van der Waals surface area contributed by atoms with Crippen LogP contribution in [0.25, 0.3) is 10.9 Å². The molecule has 0 radical (unpaired) electrons. The van der Waals surface area contributed by atoms with Gasteiger partial charge >= 0.3 is 0 Å². The Morgan fingerprint density at radius 2 is 1.95 bits per heavy atom. The Kier molecular flexibility index (Phi) is 2.77. The van der Waals surface area contributed by atoms with Crippen molar-refractivity contribution >= 4 is 16.8 Å². The number of benzene rings is 1. The van der Waals surface area contributed by atoms with Crippen LogP contribution in [-0.4, -0.2) is 23.5 Å². The summed E-state index contributed by atoms with van der Waals surface area (Å²) >= 11 is 0. The zero-order valence-electron chi connectivity index (χ0n) is 11.6. The molecule has 3 rings (SSSR count). The third-order valence-electron chi connectivity index (χ3n) is 3.51. The number of para-hydroxylation sites is 1. The average Bonchev–Trinajstić information content (AvgIpc) is 2.87. The molecule has 0 N–H and O–H groups in total. The highest BCUT2D eigenvalue weighted by Crippen LogP contribution is 2.28. The average molecular weight is 254 g/mol. The van der Waals surface area contributed by atoms with Gasteiger partial charge in [-0.05, 0) is 17.5 Å². The summed E-state index contributed by atoms with van der Waals surface area (Å²) in [6, 6.07) is 10.3. The van der Waals surface area contributed by atoms with E-state index < -0.39 is 0 Å². The first-order valence-corrected chi connectivity index (χ1v) is 6.60. The minimum Gasteiger partial charge on any atom is -0.475 e. The van der Waals surface area contributed by atoms with E-state index in [1.54, 1.807) is 0 Å². The molecule has 2 aromatic rings. The first kappa shape index (κ1) is 12.2. The van der Waals surface area contributed by atoms with E-state index in [-0.39, 0.29) is 11.5 Å². The normalized spacial score (nSPS) is 19.3. The van der Waals surface area contributed by atoms with E-state index in [0.717, 1.165) is 22.4 Å². The second kappa shape index (κ2) is 4.34. The molecule has 3 nitrogen and oxygen atoms in total. The van der Waals surface area contributed by atoms with Crippen LogP contribution in [0.5, 0.6) is 0 Å². The van der Waals surface area contributed by atoms with Gasteiger partial charge in [-0.3, -0.25) is 4.98 Å².